The Morgan fingerprint density at radius 2 is 2.00 bits per heavy atom. The van der Waals surface area contributed by atoms with Crippen LogP contribution in [0.2, 0.25) is 0 Å². The molecule has 6 nitrogen and oxygen atoms in total. The summed E-state index contributed by atoms with van der Waals surface area (Å²) in [6.07, 6.45) is -0.764. The number of aliphatic hydroxyl groups is 1. The van der Waals surface area contributed by atoms with Gasteiger partial charge in [-0.05, 0) is 43.0 Å². The minimum atomic E-state index is -0.524. The second-order valence-corrected chi connectivity index (χ2v) is 7.28. The normalized spacial score (nSPS) is 16.6. The number of aryl methyl sites for hydroxylation is 1. The number of piperazine rings is 1. The maximum absolute atomic E-state index is 11.7. The third kappa shape index (κ3) is 5.88. The molecule has 1 aliphatic rings. The van der Waals surface area contributed by atoms with E-state index in [1.165, 1.54) is 16.0 Å². The van der Waals surface area contributed by atoms with Crippen LogP contribution in [-0.2, 0) is 4.74 Å². The van der Waals surface area contributed by atoms with Gasteiger partial charge in [0.1, 0.15) is 25.0 Å². The van der Waals surface area contributed by atoms with Crippen molar-refractivity contribution >= 4 is 6.09 Å². The van der Waals surface area contributed by atoms with Crippen molar-refractivity contribution < 1.29 is 24.3 Å². The Balaban J connectivity index is 1.73. The molecular weight excluding hydrogens is 332 g/mol. The zero-order chi connectivity index (χ0) is 19.1. The lowest BCUT2D eigenvalue weighted by Gasteiger charge is -2.32. The Morgan fingerprint density at radius 3 is 2.58 bits per heavy atom. The number of hydrogen-bond acceptors (Lipinski definition) is 4. The molecule has 1 saturated heterocycles. The molecule has 146 valence electrons. The fourth-order valence-corrected chi connectivity index (χ4v) is 3.39. The van der Waals surface area contributed by atoms with Gasteiger partial charge in [-0.25, -0.2) is 4.79 Å². The second-order valence-electron chi connectivity index (χ2n) is 7.28. The highest BCUT2D eigenvalue weighted by atomic mass is 16.6. The van der Waals surface area contributed by atoms with Gasteiger partial charge in [0, 0.05) is 0 Å². The highest BCUT2D eigenvalue weighted by molar-refractivity contribution is 5.67. The summed E-state index contributed by atoms with van der Waals surface area (Å²) in [4.78, 5) is 14.7. The average molecular weight is 365 g/mol. The van der Waals surface area contributed by atoms with Crippen LogP contribution in [0, 0.1) is 6.92 Å². The molecule has 0 spiro atoms. The average Bonchev–Trinajstić information content (AvgIpc) is 2.60. The van der Waals surface area contributed by atoms with Crippen LogP contribution in [0.5, 0.6) is 5.75 Å². The lowest BCUT2D eigenvalue weighted by atomic mass is 9.98. The monoisotopic (exact) mass is 365 g/mol. The zero-order valence-electron chi connectivity index (χ0n) is 16.5. The predicted molar refractivity (Wildman–Crippen MR) is 101 cm³/mol. The molecule has 2 rings (SSSR count). The summed E-state index contributed by atoms with van der Waals surface area (Å²) in [7, 11) is 0. The standard InChI is InChI=1S/C20H32N2O4/c1-5-25-20(24)22-10-8-21(9-11-22)13-17(23)14-26-18-6-7-19(15(2)3)16(4)12-18/h6-7,12,15,17,23H,5,8-11,13-14H2,1-4H3/p+1/t17-/m1/s1. The maximum atomic E-state index is 11.7. The van der Waals surface area contributed by atoms with Gasteiger partial charge in [0.15, 0.2) is 0 Å². The number of rotatable bonds is 7. The van der Waals surface area contributed by atoms with Gasteiger partial charge in [-0.1, -0.05) is 19.9 Å². The van der Waals surface area contributed by atoms with Crippen molar-refractivity contribution in [3.63, 3.8) is 0 Å². The molecule has 1 heterocycles. The van der Waals surface area contributed by atoms with E-state index in [9.17, 15) is 9.90 Å². The van der Waals surface area contributed by atoms with Crippen LogP contribution in [-0.4, -0.2) is 68.1 Å². The van der Waals surface area contributed by atoms with Crippen molar-refractivity contribution in [3.05, 3.63) is 29.3 Å². The number of quaternary nitrogens is 1. The first-order valence-corrected chi connectivity index (χ1v) is 9.57. The molecule has 0 unspecified atom stereocenters. The van der Waals surface area contributed by atoms with Gasteiger partial charge in [-0.15, -0.1) is 0 Å². The van der Waals surface area contributed by atoms with E-state index in [2.05, 4.69) is 26.8 Å². The number of ether oxygens (including phenoxy) is 2. The molecule has 1 aromatic rings. The number of aliphatic hydroxyl groups excluding tert-OH is 1. The molecule has 0 bridgehead atoms. The molecule has 1 aliphatic heterocycles. The highest BCUT2D eigenvalue weighted by Crippen LogP contribution is 2.23. The Kier molecular flexibility index (Phi) is 7.72. The number of benzene rings is 1. The minimum absolute atomic E-state index is 0.240. The molecule has 0 radical (unpaired) electrons. The SMILES string of the molecule is CCOC(=O)N1CC[NH+](C[C@@H](O)COc2ccc(C(C)C)c(C)c2)CC1. The van der Waals surface area contributed by atoms with E-state index >= 15 is 0 Å². The van der Waals surface area contributed by atoms with Crippen LogP contribution >= 0.6 is 0 Å². The molecule has 1 fully saturated rings. The number of carbonyl (C=O) groups excluding carboxylic acids is 1. The van der Waals surface area contributed by atoms with Gasteiger partial charge in [0.2, 0.25) is 0 Å². The fourth-order valence-electron chi connectivity index (χ4n) is 3.39. The second kappa shape index (κ2) is 9.78. The van der Waals surface area contributed by atoms with Crippen LogP contribution in [0.3, 0.4) is 0 Å². The maximum Gasteiger partial charge on any atom is 0.410 e. The fraction of sp³-hybridized carbons (Fsp3) is 0.650. The number of nitrogens with one attached hydrogen (secondary N) is 1. The Labute approximate surface area is 156 Å². The first-order chi connectivity index (χ1) is 12.4. The van der Waals surface area contributed by atoms with E-state index in [1.54, 1.807) is 4.90 Å². The number of amides is 1. The third-order valence-electron chi connectivity index (χ3n) is 4.83. The molecule has 0 aromatic heterocycles. The molecule has 6 heteroatoms. The Morgan fingerprint density at radius 1 is 1.31 bits per heavy atom. The molecular formula is C20H33N2O4+. The summed E-state index contributed by atoms with van der Waals surface area (Å²) in [5.41, 5.74) is 2.54. The van der Waals surface area contributed by atoms with Gasteiger partial charge in [0.25, 0.3) is 0 Å². The van der Waals surface area contributed by atoms with Crippen LogP contribution in [0.4, 0.5) is 4.79 Å². The van der Waals surface area contributed by atoms with Crippen molar-refractivity contribution in [1.29, 1.82) is 0 Å². The first kappa shape index (κ1) is 20.5. The largest absolute Gasteiger partial charge is 0.491 e. The summed E-state index contributed by atoms with van der Waals surface area (Å²) in [5, 5.41) is 10.3. The topological polar surface area (TPSA) is 63.4 Å². The Bertz CT molecular complexity index is 583. The minimum Gasteiger partial charge on any atom is -0.491 e. The van der Waals surface area contributed by atoms with Crippen LogP contribution in [0.25, 0.3) is 0 Å². The molecule has 0 saturated carbocycles. The number of nitrogens with zero attached hydrogens (tertiary/aromatic N) is 1. The lowest BCUT2D eigenvalue weighted by molar-refractivity contribution is -0.907. The quantitative estimate of drug-likeness (QED) is 0.763. The first-order valence-electron chi connectivity index (χ1n) is 9.57. The van der Waals surface area contributed by atoms with Crippen molar-refractivity contribution in [2.24, 2.45) is 0 Å². The van der Waals surface area contributed by atoms with Crippen molar-refractivity contribution in [3.8, 4) is 5.75 Å². The summed E-state index contributed by atoms with van der Waals surface area (Å²) in [6, 6.07) is 6.11. The third-order valence-corrected chi connectivity index (χ3v) is 4.83. The molecule has 0 aliphatic carbocycles. The summed E-state index contributed by atoms with van der Waals surface area (Å²) in [6.45, 7) is 12.5. The summed E-state index contributed by atoms with van der Waals surface area (Å²) in [5.74, 6) is 1.29. The Hall–Kier alpha value is -1.79. The summed E-state index contributed by atoms with van der Waals surface area (Å²) < 4.78 is 10.8. The van der Waals surface area contributed by atoms with E-state index < -0.39 is 6.10 Å². The molecule has 1 atom stereocenters. The van der Waals surface area contributed by atoms with Crippen molar-refractivity contribution in [2.45, 2.75) is 39.7 Å². The van der Waals surface area contributed by atoms with Crippen molar-refractivity contribution in [1.82, 2.24) is 4.90 Å². The van der Waals surface area contributed by atoms with Gasteiger partial charge in [-0.3, -0.25) is 4.90 Å². The van der Waals surface area contributed by atoms with Gasteiger partial charge in [-0.2, -0.15) is 0 Å². The van der Waals surface area contributed by atoms with Gasteiger partial charge in [0.05, 0.1) is 32.8 Å². The molecule has 2 N–H and O–H groups in total. The molecule has 1 aromatic carbocycles. The van der Waals surface area contributed by atoms with Crippen LogP contribution in [0.15, 0.2) is 18.2 Å². The zero-order valence-corrected chi connectivity index (χ0v) is 16.5. The van der Waals surface area contributed by atoms with Crippen LogP contribution < -0.4 is 9.64 Å². The van der Waals surface area contributed by atoms with Crippen molar-refractivity contribution in [2.75, 3.05) is 45.9 Å². The predicted octanol–water partition coefficient (Wildman–Crippen LogP) is 1.22. The highest BCUT2D eigenvalue weighted by Gasteiger charge is 2.26. The molecule has 1 amide bonds. The van der Waals surface area contributed by atoms with Gasteiger partial charge < -0.3 is 19.5 Å². The summed E-state index contributed by atoms with van der Waals surface area (Å²) >= 11 is 0. The van der Waals surface area contributed by atoms with E-state index in [0.717, 1.165) is 18.8 Å². The van der Waals surface area contributed by atoms with Crippen LogP contribution in [0.1, 0.15) is 37.8 Å². The molecule has 26 heavy (non-hydrogen) atoms. The smallest absolute Gasteiger partial charge is 0.410 e. The van der Waals surface area contributed by atoms with E-state index in [0.29, 0.717) is 32.2 Å². The number of carbonyl (C=O) groups is 1. The lowest BCUT2D eigenvalue weighted by Crippen LogP contribution is -3.16. The van der Waals surface area contributed by atoms with E-state index in [-0.39, 0.29) is 12.7 Å². The van der Waals surface area contributed by atoms with Gasteiger partial charge >= 0.3 is 6.09 Å². The van der Waals surface area contributed by atoms with E-state index in [1.807, 2.05) is 19.1 Å². The number of hydrogen-bond donors (Lipinski definition) is 2. The van der Waals surface area contributed by atoms with E-state index in [4.69, 9.17) is 9.47 Å².